The van der Waals surface area contributed by atoms with E-state index in [4.69, 9.17) is 4.74 Å². The molecule has 0 aromatic heterocycles. The molecule has 1 unspecified atom stereocenters. The standard InChI is InChI=1S/C18H18FN3O3/c1-25-16-4-2-3-13(9-16)20-18(24)21-14-10-17(23)22(11-14)15-7-5-12(19)6-8-15/h2-9,14H,10-11H2,1H3,(H2,20,21,24). The zero-order chi connectivity index (χ0) is 17.8. The Hall–Kier alpha value is -3.09. The van der Waals surface area contributed by atoms with Crippen molar-refractivity contribution >= 4 is 23.3 Å². The van der Waals surface area contributed by atoms with Crippen LogP contribution in [-0.2, 0) is 4.79 Å². The van der Waals surface area contributed by atoms with Gasteiger partial charge in [0.2, 0.25) is 5.91 Å². The molecule has 1 aliphatic heterocycles. The van der Waals surface area contributed by atoms with Crippen LogP contribution in [0.25, 0.3) is 0 Å². The monoisotopic (exact) mass is 343 g/mol. The van der Waals surface area contributed by atoms with Gasteiger partial charge >= 0.3 is 6.03 Å². The molecule has 25 heavy (non-hydrogen) atoms. The maximum atomic E-state index is 13.0. The summed E-state index contributed by atoms with van der Waals surface area (Å²) in [4.78, 5) is 25.8. The third-order valence-corrected chi connectivity index (χ3v) is 3.93. The first kappa shape index (κ1) is 16.8. The minimum Gasteiger partial charge on any atom is -0.497 e. The molecule has 2 aromatic rings. The summed E-state index contributed by atoms with van der Waals surface area (Å²) >= 11 is 0. The first-order valence-corrected chi connectivity index (χ1v) is 7.82. The molecular formula is C18H18FN3O3. The first-order valence-electron chi connectivity index (χ1n) is 7.82. The van der Waals surface area contributed by atoms with E-state index in [1.165, 1.54) is 17.0 Å². The van der Waals surface area contributed by atoms with Crippen LogP contribution in [0.5, 0.6) is 5.75 Å². The SMILES string of the molecule is COc1cccc(NC(=O)NC2CC(=O)N(c3ccc(F)cc3)C2)c1. The number of nitrogens with one attached hydrogen (secondary N) is 2. The Kier molecular flexibility index (Phi) is 4.83. The Morgan fingerprint density at radius 1 is 1.24 bits per heavy atom. The molecule has 1 heterocycles. The fourth-order valence-corrected chi connectivity index (χ4v) is 2.73. The third kappa shape index (κ3) is 4.06. The summed E-state index contributed by atoms with van der Waals surface area (Å²) < 4.78 is 18.1. The van der Waals surface area contributed by atoms with Crippen LogP contribution in [0.15, 0.2) is 48.5 Å². The highest BCUT2D eigenvalue weighted by atomic mass is 19.1. The predicted octanol–water partition coefficient (Wildman–Crippen LogP) is 2.76. The van der Waals surface area contributed by atoms with Crippen LogP contribution in [-0.4, -0.2) is 31.6 Å². The summed E-state index contributed by atoms with van der Waals surface area (Å²) in [6.45, 7) is 0.343. The van der Waals surface area contributed by atoms with Gasteiger partial charge < -0.3 is 20.3 Å². The number of amides is 3. The van der Waals surface area contributed by atoms with E-state index in [0.717, 1.165) is 0 Å². The van der Waals surface area contributed by atoms with Gasteiger partial charge in [0.15, 0.2) is 0 Å². The Morgan fingerprint density at radius 3 is 2.72 bits per heavy atom. The number of rotatable bonds is 4. The van der Waals surface area contributed by atoms with Crippen LogP contribution in [0.3, 0.4) is 0 Å². The van der Waals surface area contributed by atoms with Crippen molar-refractivity contribution in [2.24, 2.45) is 0 Å². The van der Waals surface area contributed by atoms with Gasteiger partial charge in [0.1, 0.15) is 11.6 Å². The quantitative estimate of drug-likeness (QED) is 0.897. The number of urea groups is 1. The average molecular weight is 343 g/mol. The van der Waals surface area contributed by atoms with Gasteiger partial charge in [-0.25, -0.2) is 9.18 Å². The molecule has 6 nitrogen and oxygen atoms in total. The van der Waals surface area contributed by atoms with Crippen LogP contribution in [0.1, 0.15) is 6.42 Å². The van der Waals surface area contributed by atoms with Crippen molar-refractivity contribution in [2.75, 3.05) is 23.9 Å². The Labute approximate surface area is 144 Å². The van der Waals surface area contributed by atoms with Gasteiger partial charge in [-0.15, -0.1) is 0 Å². The van der Waals surface area contributed by atoms with E-state index >= 15 is 0 Å². The molecule has 130 valence electrons. The van der Waals surface area contributed by atoms with Crippen molar-refractivity contribution in [3.8, 4) is 5.75 Å². The van der Waals surface area contributed by atoms with Gasteiger partial charge in [-0.05, 0) is 36.4 Å². The lowest BCUT2D eigenvalue weighted by Gasteiger charge is -2.17. The number of carbonyl (C=O) groups excluding carboxylic acids is 2. The smallest absolute Gasteiger partial charge is 0.319 e. The van der Waals surface area contributed by atoms with Crippen molar-refractivity contribution in [3.63, 3.8) is 0 Å². The lowest BCUT2D eigenvalue weighted by Crippen LogP contribution is -2.39. The Balaban J connectivity index is 1.59. The van der Waals surface area contributed by atoms with Gasteiger partial charge in [-0.1, -0.05) is 6.07 Å². The molecule has 2 N–H and O–H groups in total. The van der Waals surface area contributed by atoms with Gasteiger partial charge in [0.05, 0.1) is 13.2 Å². The third-order valence-electron chi connectivity index (χ3n) is 3.93. The Bertz CT molecular complexity index is 779. The summed E-state index contributed by atoms with van der Waals surface area (Å²) in [5.74, 6) is 0.164. The highest BCUT2D eigenvalue weighted by Gasteiger charge is 2.31. The number of nitrogens with zero attached hydrogens (tertiary/aromatic N) is 1. The Morgan fingerprint density at radius 2 is 2.00 bits per heavy atom. The second-order valence-corrected chi connectivity index (χ2v) is 5.71. The van der Waals surface area contributed by atoms with E-state index in [0.29, 0.717) is 23.7 Å². The number of carbonyl (C=O) groups is 2. The summed E-state index contributed by atoms with van der Waals surface area (Å²) in [6.07, 6.45) is 0.197. The maximum Gasteiger partial charge on any atom is 0.319 e. The molecule has 0 radical (unpaired) electrons. The molecule has 2 aromatic carbocycles. The highest BCUT2D eigenvalue weighted by Crippen LogP contribution is 2.22. The molecule has 0 aliphatic carbocycles. The summed E-state index contributed by atoms with van der Waals surface area (Å²) in [7, 11) is 1.55. The molecule has 1 fully saturated rings. The molecule has 7 heteroatoms. The minimum absolute atomic E-state index is 0.113. The van der Waals surface area contributed by atoms with Gasteiger partial charge in [-0.3, -0.25) is 4.79 Å². The van der Waals surface area contributed by atoms with E-state index < -0.39 is 6.03 Å². The predicted molar refractivity (Wildman–Crippen MR) is 92.3 cm³/mol. The first-order chi connectivity index (χ1) is 12.0. The maximum absolute atomic E-state index is 13.0. The van der Waals surface area contributed by atoms with E-state index in [-0.39, 0.29) is 24.2 Å². The van der Waals surface area contributed by atoms with Crippen molar-refractivity contribution in [1.82, 2.24) is 5.32 Å². The number of hydrogen-bond donors (Lipinski definition) is 2. The number of benzene rings is 2. The molecule has 3 rings (SSSR count). The largest absolute Gasteiger partial charge is 0.497 e. The van der Waals surface area contributed by atoms with E-state index in [1.807, 2.05) is 0 Å². The molecule has 1 aliphatic rings. The number of methoxy groups -OCH3 is 1. The molecule has 0 saturated carbocycles. The lowest BCUT2D eigenvalue weighted by atomic mass is 10.2. The number of halogens is 1. The zero-order valence-electron chi connectivity index (χ0n) is 13.7. The average Bonchev–Trinajstić information content (AvgIpc) is 2.95. The molecule has 1 atom stereocenters. The van der Waals surface area contributed by atoms with Crippen molar-refractivity contribution in [2.45, 2.75) is 12.5 Å². The van der Waals surface area contributed by atoms with E-state index in [9.17, 15) is 14.0 Å². The molecule has 1 saturated heterocycles. The second kappa shape index (κ2) is 7.21. The summed E-state index contributed by atoms with van der Waals surface area (Å²) in [5.41, 5.74) is 1.21. The van der Waals surface area contributed by atoms with Crippen LogP contribution >= 0.6 is 0 Å². The lowest BCUT2D eigenvalue weighted by molar-refractivity contribution is -0.117. The second-order valence-electron chi connectivity index (χ2n) is 5.71. The molecule has 0 spiro atoms. The fourth-order valence-electron chi connectivity index (χ4n) is 2.73. The summed E-state index contributed by atoms with van der Waals surface area (Å²) in [5, 5.41) is 5.49. The van der Waals surface area contributed by atoms with Crippen LogP contribution in [0, 0.1) is 5.82 Å². The van der Waals surface area contributed by atoms with Crippen molar-refractivity contribution in [1.29, 1.82) is 0 Å². The number of ether oxygens (including phenoxy) is 1. The number of hydrogen-bond acceptors (Lipinski definition) is 3. The van der Waals surface area contributed by atoms with Gasteiger partial charge in [0, 0.05) is 30.4 Å². The summed E-state index contributed by atoms with van der Waals surface area (Å²) in [6, 6.07) is 12.0. The van der Waals surface area contributed by atoms with Crippen molar-refractivity contribution < 1.29 is 18.7 Å². The van der Waals surface area contributed by atoms with Crippen molar-refractivity contribution in [3.05, 3.63) is 54.3 Å². The van der Waals surface area contributed by atoms with E-state index in [1.54, 1.807) is 43.5 Å². The van der Waals surface area contributed by atoms with Crippen LogP contribution < -0.4 is 20.3 Å². The van der Waals surface area contributed by atoms with Crippen LogP contribution in [0.4, 0.5) is 20.6 Å². The topological polar surface area (TPSA) is 70.7 Å². The minimum atomic E-state index is -0.396. The molecule has 0 bridgehead atoms. The number of anilines is 2. The van der Waals surface area contributed by atoms with Crippen LogP contribution in [0.2, 0.25) is 0 Å². The zero-order valence-corrected chi connectivity index (χ0v) is 13.7. The fraction of sp³-hybridized carbons (Fsp3) is 0.222. The molecular weight excluding hydrogens is 325 g/mol. The van der Waals surface area contributed by atoms with E-state index in [2.05, 4.69) is 10.6 Å². The normalized spacial score (nSPS) is 16.6. The van der Waals surface area contributed by atoms with Gasteiger partial charge in [0.25, 0.3) is 0 Å². The van der Waals surface area contributed by atoms with Gasteiger partial charge in [-0.2, -0.15) is 0 Å². The highest BCUT2D eigenvalue weighted by molar-refractivity contribution is 5.97. The molecule has 3 amide bonds.